The van der Waals surface area contributed by atoms with E-state index in [4.69, 9.17) is 5.11 Å². The Balaban J connectivity index is 2.07. The molecule has 0 unspecified atom stereocenters. The van der Waals surface area contributed by atoms with Crippen molar-refractivity contribution in [2.45, 2.75) is 26.3 Å². The van der Waals surface area contributed by atoms with Gasteiger partial charge in [-0.25, -0.2) is 9.48 Å². The lowest BCUT2D eigenvalue weighted by Crippen LogP contribution is -2.41. The molecule has 0 saturated heterocycles. The predicted octanol–water partition coefficient (Wildman–Crippen LogP) is 0.891. The standard InChI is InChI=1S/C14H17N5O3/c1-9(2)7-12(14(21)22)16-13(20)10-3-5-11(6-4-10)19-8-15-17-18-19/h3-6,8-9,12H,7H2,1-2H3,(H,16,20)(H,21,22)/t12-/m0/s1. The molecule has 8 heteroatoms. The van der Waals surface area contributed by atoms with E-state index in [1.807, 2.05) is 13.8 Å². The van der Waals surface area contributed by atoms with Gasteiger partial charge in [-0.2, -0.15) is 0 Å². The van der Waals surface area contributed by atoms with E-state index < -0.39 is 17.9 Å². The summed E-state index contributed by atoms with van der Waals surface area (Å²) >= 11 is 0. The van der Waals surface area contributed by atoms with Crippen LogP contribution in [-0.4, -0.2) is 43.2 Å². The summed E-state index contributed by atoms with van der Waals surface area (Å²) in [6.45, 7) is 3.81. The number of carbonyl (C=O) groups is 2. The first-order chi connectivity index (χ1) is 10.5. The van der Waals surface area contributed by atoms with Crippen LogP contribution in [0.4, 0.5) is 0 Å². The van der Waals surface area contributed by atoms with Crippen LogP contribution < -0.4 is 5.32 Å². The van der Waals surface area contributed by atoms with Crippen LogP contribution >= 0.6 is 0 Å². The summed E-state index contributed by atoms with van der Waals surface area (Å²) < 4.78 is 1.46. The quantitative estimate of drug-likeness (QED) is 0.820. The maximum Gasteiger partial charge on any atom is 0.326 e. The summed E-state index contributed by atoms with van der Waals surface area (Å²) in [6, 6.07) is 5.67. The Morgan fingerprint density at radius 2 is 1.95 bits per heavy atom. The minimum Gasteiger partial charge on any atom is -0.480 e. The van der Waals surface area contributed by atoms with Gasteiger partial charge in [0.05, 0.1) is 5.69 Å². The summed E-state index contributed by atoms with van der Waals surface area (Å²) in [5.74, 6) is -1.28. The molecule has 2 N–H and O–H groups in total. The van der Waals surface area contributed by atoms with Crippen molar-refractivity contribution in [2.24, 2.45) is 5.92 Å². The molecule has 1 aromatic heterocycles. The first kappa shape index (κ1) is 15.6. The van der Waals surface area contributed by atoms with Gasteiger partial charge in [0, 0.05) is 5.56 Å². The number of amides is 1. The fraction of sp³-hybridized carbons (Fsp3) is 0.357. The van der Waals surface area contributed by atoms with E-state index in [9.17, 15) is 9.59 Å². The molecule has 0 aliphatic carbocycles. The lowest BCUT2D eigenvalue weighted by molar-refractivity contribution is -0.139. The Morgan fingerprint density at radius 3 is 2.45 bits per heavy atom. The number of aliphatic carboxylic acids is 1. The number of hydrogen-bond acceptors (Lipinski definition) is 5. The van der Waals surface area contributed by atoms with Crippen LogP contribution in [0, 0.1) is 5.92 Å². The van der Waals surface area contributed by atoms with Gasteiger partial charge >= 0.3 is 5.97 Å². The van der Waals surface area contributed by atoms with Crippen LogP contribution in [0.5, 0.6) is 0 Å². The molecular weight excluding hydrogens is 286 g/mol. The largest absolute Gasteiger partial charge is 0.480 e. The van der Waals surface area contributed by atoms with Gasteiger partial charge in [-0.3, -0.25) is 4.79 Å². The van der Waals surface area contributed by atoms with E-state index in [1.165, 1.54) is 11.0 Å². The van der Waals surface area contributed by atoms with Gasteiger partial charge in [0.1, 0.15) is 12.4 Å². The topological polar surface area (TPSA) is 110 Å². The first-order valence-corrected chi connectivity index (χ1v) is 6.84. The second kappa shape index (κ2) is 6.79. The number of carboxylic acid groups (broad SMARTS) is 1. The van der Waals surface area contributed by atoms with Gasteiger partial charge in [0.2, 0.25) is 0 Å². The third kappa shape index (κ3) is 3.87. The van der Waals surface area contributed by atoms with Crippen molar-refractivity contribution in [1.82, 2.24) is 25.5 Å². The Kier molecular flexibility index (Phi) is 4.82. The van der Waals surface area contributed by atoms with Gasteiger partial charge in [0.25, 0.3) is 5.91 Å². The highest BCUT2D eigenvalue weighted by Gasteiger charge is 2.21. The minimum atomic E-state index is -1.03. The van der Waals surface area contributed by atoms with Gasteiger partial charge in [-0.15, -0.1) is 5.10 Å². The normalized spacial score (nSPS) is 12.1. The molecule has 0 fully saturated rings. The molecule has 2 aromatic rings. The molecule has 0 spiro atoms. The van der Waals surface area contributed by atoms with Gasteiger partial charge in [-0.1, -0.05) is 13.8 Å². The van der Waals surface area contributed by atoms with Crippen LogP contribution in [0.1, 0.15) is 30.6 Å². The van der Waals surface area contributed by atoms with Gasteiger partial charge < -0.3 is 10.4 Å². The van der Waals surface area contributed by atoms with E-state index in [-0.39, 0.29) is 5.92 Å². The third-order valence-electron chi connectivity index (χ3n) is 3.05. The number of benzene rings is 1. The lowest BCUT2D eigenvalue weighted by Gasteiger charge is -2.16. The second-order valence-corrected chi connectivity index (χ2v) is 5.30. The van der Waals surface area contributed by atoms with Crippen LogP contribution in [0.15, 0.2) is 30.6 Å². The number of nitrogens with zero attached hydrogens (tertiary/aromatic N) is 4. The van der Waals surface area contributed by atoms with Crippen LogP contribution in [-0.2, 0) is 4.79 Å². The molecule has 0 bridgehead atoms. The van der Waals surface area contributed by atoms with Crippen molar-refractivity contribution in [1.29, 1.82) is 0 Å². The van der Waals surface area contributed by atoms with E-state index in [0.717, 1.165) is 0 Å². The maximum absolute atomic E-state index is 12.1. The number of carboxylic acids is 1. The SMILES string of the molecule is CC(C)C[C@H](NC(=O)c1ccc(-n2cnnn2)cc1)C(=O)O. The smallest absolute Gasteiger partial charge is 0.326 e. The molecule has 1 amide bonds. The molecule has 0 aliphatic heterocycles. The van der Waals surface area contributed by atoms with Crippen LogP contribution in [0.25, 0.3) is 5.69 Å². The van der Waals surface area contributed by atoms with Crippen LogP contribution in [0.2, 0.25) is 0 Å². The van der Waals surface area contributed by atoms with E-state index in [1.54, 1.807) is 24.3 Å². The summed E-state index contributed by atoms with van der Waals surface area (Å²) in [7, 11) is 0. The molecule has 2 rings (SSSR count). The zero-order valence-corrected chi connectivity index (χ0v) is 12.3. The van der Waals surface area contributed by atoms with E-state index in [2.05, 4.69) is 20.8 Å². The zero-order valence-electron chi connectivity index (χ0n) is 12.3. The Labute approximate surface area is 127 Å². The first-order valence-electron chi connectivity index (χ1n) is 6.84. The molecule has 1 aromatic carbocycles. The number of nitrogens with one attached hydrogen (secondary N) is 1. The summed E-state index contributed by atoms with van der Waals surface area (Å²) in [6.07, 6.45) is 1.82. The summed E-state index contributed by atoms with van der Waals surface area (Å²) in [4.78, 5) is 23.3. The van der Waals surface area contributed by atoms with Crippen LogP contribution in [0.3, 0.4) is 0 Å². The highest BCUT2D eigenvalue weighted by molar-refractivity contribution is 5.96. The zero-order chi connectivity index (χ0) is 16.1. The number of rotatable bonds is 6. The number of carbonyl (C=O) groups excluding carboxylic acids is 1. The molecule has 22 heavy (non-hydrogen) atoms. The average Bonchev–Trinajstić information content (AvgIpc) is 3.00. The Bertz CT molecular complexity index is 637. The summed E-state index contributed by atoms with van der Waals surface area (Å²) in [5.41, 5.74) is 1.09. The Hall–Kier alpha value is -2.77. The number of aromatic nitrogens is 4. The molecule has 0 saturated carbocycles. The molecule has 1 atom stereocenters. The molecule has 1 heterocycles. The van der Waals surface area contributed by atoms with Crippen molar-refractivity contribution in [3.05, 3.63) is 36.2 Å². The minimum absolute atomic E-state index is 0.170. The fourth-order valence-corrected chi connectivity index (χ4v) is 1.98. The van der Waals surface area contributed by atoms with Crippen molar-refractivity contribution >= 4 is 11.9 Å². The van der Waals surface area contributed by atoms with Crippen molar-refractivity contribution in [3.63, 3.8) is 0 Å². The second-order valence-electron chi connectivity index (χ2n) is 5.30. The Morgan fingerprint density at radius 1 is 1.27 bits per heavy atom. The number of tetrazole rings is 1. The lowest BCUT2D eigenvalue weighted by atomic mass is 10.0. The van der Waals surface area contributed by atoms with Gasteiger partial charge in [0.15, 0.2) is 0 Å². The summed E-state index contributed by atoms with van der Waals surface area (Å²) in [5, 5.41) is 22.5. The third-order valence-corrected chi connectivity index (χ3v) is 3.05. The monoisotopic (exact) mass is 303 g/mol. The highest BCUT2D eigenvalue weighted by Crippen LogP contribution is 2.10. The van der Waals surface area contributed by atoms with Gasteiger partial charge in [-0.05, 0) is 47.0 Å². The molecule has 0 radical (unpaired) electrons. The molecular formula is C14H17N5O3. The number of hydrogen-bond donors (Lipinski definition) is 2. The van der Waals surface area contributed by atoms with E-state index >= 15 is 0 Å². The molecule has 116 valence electrons. The average molecular weight is 303 g/mol. The van der Waals surface area contributed by atoms with E-state index in [0.29, 0.717) is 17.7 Å². The predicted molar refractivity (Wildman–Crippen MR) is 77.5 cm³/mol. The fourth-order valence-electron chi connectivity index (χ4n) is 1.98. The highest BCUT2D eigenvalue weighted by atomic mass is 16.4. The van der Waals surface area contributed by atoms with Crippen molar-refractivity contribution < 1.29 is 14.7 Å². The van der Waals surface area contributed by atoms with Crippen molar-refractivity contribution in [2.75, 3.05) is 0 Å². The molecule has 0 aliphatic rings. The van der Waals surface area contributed by atoms with Crippen molar-refractivity contribution in [3.8, 4) is 5.69 Å². The molecule has 8 nitrogen and oxygen atoms in total. The maximum atomic E-state index is 12.1.